The van der Waals surface area contributed by atoms with Crippen LogP contribution in [0.1, 0.15) is 33.6 Å². The predicted octanol–water partition coefficient (Wildman–Crippen LogP) is 2.35. The standard InChI is InChI=1S/C15H22N4O2/c1-14(2,3)15-7-6-12(8-16-10-15)18(15)11-4-5-13(17-9-11)19(20)21/h4-5,9,12,16H,6-8,10H2,1-3H3. The van der Waals surface area contributed by atoms with Gasteiger partial charge in [0.1, 0.15) is 0 Å². The van der Waals surface area contributed by atoms with Crippen LogP contribution in [0.3, 0.4) is 0 Å². The van der Waals surface area contributed by atoms with Crippen molar-refractivity contribution in [1.82, 2.24) is 10.3 Å². The number of rotatable bonds is 2. The summed E-state index contributed by atoms with van der Waals surface area (Å²) in [5.74, 6) is -0.0916. The van der Waals surface area contributed by atoms with Gasteiger partial charge in [0.15, 0.2) is 6.20 Å². The molecule has 1 aromatic rings. The summed E-state index contributed by atoms with van der Waals surface area (Å²) in [4.78, 5) is 16.8. The molecule has 0 amide bonds. The van der Waals surface area contributed by atoms with Gasteiger partial charge in [-0.25, -0.2) is 0 Å². The fraction of sp³-hybridized carbons (Fsp3) is 0.667. The van der Waals surface area contributed by atoms with E-state index in [1.165, 1.54) is 6.07 Å². The molecule has 2 unspecified atom stereocenters. The van der Waals surface area contributed by atoms with Gasteiger partial charge in [0.05, 0.1) is 11.2 Å². The number of aromatic nitrogens is 1. The Morgan fingerprint density at radius 1 is 1.48 bits per heavy atom. The van der Waals surface area contributed by atoms with Crippen molar-refractivity contribution in [2.45, 2.75) is 45.2 Å². The van der Waals surface area contributed by atoms with Crippen LogP contribution in [0, 0.1) is 15.5 Å². The Hall–Kier alpha value is -1.69. The number of nitrogens with zero attached hydrogens (tertiary/aromatic N) is 3. The Labute approximate surface area is 124 Å². The van der Waals surface area contributed by atoms with Gasteiger partial charge in [0, 0.05) is 25.2 Å². The number of hydrogen-bond acceptors (Lipinski definition) is 5. The number of pyridine rings is 1. The smallest absolute Gasteiger partial charge is 0.358 e. The molecule has 2 aliphatic rings. The van der Waals surface area contributed by atoms with Gasteiger partial charge in [-0.3, -0.25) is 0 Å². The first-order valence-corrected chi connectivity index (χ1v) is 7.46. The molecule has 1 N–H and O–H groups in total. The molecule has 2 atom stereocenters. The molecule has 21 heavy (non-hydrogen) atoms. The highest BCUT2D eigenvalue weighted by Crippen LogP contribution is 2.49. The monoisotopic (exact) mass is 290 g/mol. The van der Waals surface area contributed by atoms with E-state index < -0.39 is 4.92 Å². The minimum Gasteiger partial charge on any atom is -0.358 e. The van der Waals surface area contributed by atoms with E-state index >= 15 is 0 Å². The molecule has 0 spiro atoms. The van der Waals surface area contributed by atoms with Crippen LogP contribution in [0.4, 0.5) is 11.5 Å². The number of piperazine rings is 1. The number of nitrogens with one attached hydrogen (secondary N) is 1. The third kappa shape index (κ3) is 2.09. The van der Waals surface area contributed by atoms with Crippen LogP contribution in [0.25, 0.3) is 0 Å². The highest BCUT2D eigenvalue weighted by atomic mass is 16.6. The summed E-state index contributed by atoms with van der Waals surface area (Å²) < 4.78 is 0. The number of fused-ring (bicyclic) bond motifs is 2. The maximum Gasteiger partial charge on any atom is 0.363 e. The maximum atomic E-state index is 10.8. The summed E-state index contributed by atoms with van der Waals surface area (Å²) in [6.45, 7) is 8.73. The molecule has 1 aromatic heterocycles. The molecule has 6 heteroatoms. The van der Waals surface area contributed by atoms with Gasteiger partial charge in [-0.05, 0) is 34.2 Å². The molecule has 2 bridgehead atoms. The second-order valence-corrected chi connectivity index (χ2v) is 7.11. The van der Waals surface area contributed by atoms with Gasteiger partial charge in [0.25, 0.3) is 0 Å². The van der Waals surface area contributed by atoms with E-state index in [2.05, 4.69) is 36.0 Å². The molecule has 6 nitrogen and oxygen atoms in total. The van der Waals surface area contributed by atoms with Gasteiger partial charge in [-0.15, -0.1) is 0 Å². The van der Waals surface area contributed by atoms with Crippen LogP contribution in [-0.4, -0.2) is 34.6 Å². The largest absolute Gasteiger partial charge is 0.363 e. The Morgan fingerprint density at radius 3 is 2.81 bits per heavy atom. The summed E-state index contributed by atoms with van der Waals surface area (Å²) in [5, 5.41) is 14.3. The average Bonchev–Trinajstić information content (AvgIpc) is 2.65. The van der Waals surface area contributed by atoms with Gasteiger partial charge in [-0.2, -0.15) is 0 Å². The minimum atomic E-state index is -0.449. The van der Waals surface area contributed by atoms with Crippen molar-refractivity contribution in [1.29, 1.82) is 0 Å². The fourth-order valence-electron chi connectivity index (χ4n) is 3.91. The van der Waals surface area contributed by atoms with Gasteiger partial charge in [-0.1, -0.05) is 20.8 Å². The fourth-order valence-corrected chi connectivity index (χ4v) is 3.91. The Bertz CT molecular complexity index is 548. The first-order chi connectivity index (χ1) is 9.85. The SMILES string of the molecule is CC(C)(C)C12CCC(CNC1)N2c1ccc([N+](=O)[O-])nc1. The van der Waals surface area contributed by atoms with Crippen molar-refractivity contribution < 1.29 is 4.92 Å². The first-order valence-electron chi connectivity index (χ1n) is 7.46. The number of hydrogen-bond donors (Lipinski definition) is 1. The van der Waals surface area contributed by atoms with E-state index in [1.54, 1.807) is 6.20 Å². The zero-order chi connectivity index (χ0) is 15.3. The Morgan fingerprint density at radius 2 is 2.24 bits per heavy atom. The minimum absolute atomic E-state index is 0.0493. The van der Waals surface area contributed by atoms with E-state index in [0.29, 0.717) is 6.04 Å². The van der Waals surface area contributed by atoms with Crippen molar-refractivity contribution >= 4 is 11.5 Å². The summed E-state index contributed by atoms with van der Waals surface area (Å²) in [7, 11) is 0. The van der Waals surface area contributed by atoms with E-state index in [1.807, 2.05) is 6.07 Å². The van der Waals surface area contributed by atoms with Crippen LogP contribution in [0.5, 0.6) is 0 Å². The predicted molar refractivity (Wildman–Crippen MR) is 81.4 cm³/mol. The van der Waals surface area contributed by atoms with Crippen molar-refractivity contribution in [3.63, 3.8) is 0 Å². The molecule has 3 heterocycles. The van der Waals surface area contributed by atoms with E-state index in [4.69, 9.17) is 0 Å². The molecule has 0 saturated carbocycles. The maximum absolute atomic E-state index is 10.8. The second kappa shape index (κ2) is 4.66. The zero-order valence-electron chi connectivity index (χ0n) is 12.8. The van der Waals surface area contributed by atoms with Gasteiger partial charge < -0.3 is 20.3 Å². The van der Waals surface area contributed by atoms with Crippen molar-refractivity contribution in [2.24, 2.45) is 5.41 Å². The molecule has 0 radical (unpaired) electrons. The van der Waals surface area contributed by atoms with Crippen molar-refractivity contribution in [2.75, 3.05) is 18.0 Å². The second-order valence-electron chi connectivity index (χ2n) is 7.11. The lowest BCUT2D eigenvalue weighted by atomic mass is 9.71. The molecule has 3 rings (SSSR count). The molecule has 2 saturated heterocycles. The third-order valence-electron chi connectivity index (χ3n) is 5.11. The topological polar surface area (TPSA) is 71.3 Å². The average molecular weight is 290 g/mol. The highest BCUT2D eigenvalue weighted by Gasteiger charge is 2.55. The molecule has 2 aliphatic heterocycles. The normalized spacial score (nSPS) is 28.7. The summed E-state index contributed by atoms with van der Waals surface area (Å²) in [5.41, 5.74) is 1.17. The summed E-state index contributed by atoms with van der Waals surface area (Å²) >= 11 is 0. The van der Waals surface area contributed by atoms with E-state index in [9.17, 15) is 10.1 Å². The van der Waals surface area contributed by atoms with E-state index in [0.717, 1.165) is 31.6 Å². The highest BCUT2D eigenvalue weighted by molar-refractivity contribution is 5.54. The lowest BCUT2D eigenvalue weighted by Crippen LogP contribution is -2.66. The molecule has 2 fully saturated rings. The van der Waals surface area contributed by atoms with Crippen molar-refractivity contribution in [3.05, 3.63) is 28.4 Å². The number of nitro groups is 1. The van der Waals surface area contributed by atoms with Crippen LogP contribution < -0.4 is 10.2 Å². The quantitative estimate of drug-likeness (QED) is 0.668. The lowest BCUT2D eigenvalue weighted by Gasteiger charge is -2.53. The molecule has 114 valence electrons. The van der Waals surface area contributed by atoms with Crippen LogP contribution in [-0.2, 0) is 0 Å². The molecule has 0 aliphatic carbocycles. The third-order valence-corrected chi connectivity index (χ3v) is 5.11. The van der Waals surface area contributed by atoms with Crippen LogP contribution >= 0.6 is 0 Å². The van der Waals surface area contributed by atoms with E-state index in [-0.39, 0.29) is 16.8 Å². The lowest BCUT2D eigenvalue weighted by molar-refractivity contribution is -0.389. The summed E-state index contributed by atoms with van der Waals surface area (Å²) in [6.07, 6.45) is 3.95. The summed E-state index contributed by atoms with van der Waals surface area (Å²) in [6, 6.07) is 3.80. The molecular weight excluding hydrogens is 268 g/mol. The zero-order valence-corrected chi connectivity index (χ0v) is 12.8. The first kappa shape index (κ1) is 14.3. The number of anilines is 1. The molecule has 0 aromatic carbocycles. The van der Waals surface area contributed by atoms with Gasteiger partial charge in [0.2, 0.25) is 0 Å². The molecular formula is C15H22N4O2. The van der Waals surface area contributed by atoms with Gasteiger partial charge >= 0.3 is 5.82 Å². The Balaban J connectivity index is 2.01. The Kier molecular flexibility index (Phi) is 3.16. The van der Waals surface area contributed by atoms with Crippen molar-refractivity contribution in [3.8, 4) is 0 Å². The van der Waals surface area contributed by atoms with Crippen LogP contribution in [0.2, 0.25) is 0 Å². The van der Waals surface area contributed by atoms with Crippen LogP contribution in [0.15, 0.2) is 18.3 Å².